The monoisotopic (exact) mass is 397 g/mol. The van der Waals surface area contributed by atoms with Gasteiger partial charge in [-0.05, 0) is 24.5 Å². The molecule has 1 atom stereocenters. The predicted octanol–water partition coefficient (Wildman–Crippen LogP) is 1.36. The van der Waals surface area contributed by atoms with Crippen molar-refractivity contribution in [3.8, 4) is 0 Å². The van der Waals surface area contributed by atoms with Crippen LogP contribution < -0.4 is 5.32 Å². The van der Waals surface area contributed by atoms with E-state index in [2.05, 4.69) is 23.6 Å². The van der Waals surface area contributed by atoms with E-state index < -0.39 is 22.6 Å². The summed E-state index contributed by atoms with van der Waals surface area (Å²) in [5.41, 5.74) is 0.0305. The summed E-state index contributed by atoms with van der Waals surface area (Å²) in [5.74, 6) is -0.804. The van der Waals surface area contributed by atoms with Crippen LogP contribution in [0.2, 0.25) is 0 Å². The first-order valence-electron chi connectivity index (χ1n) is 9.28. The Hall–Kier alpha value is -2.16. The number of amidine groups is 1. The molecule has 0 radical (unpaired) electrons. The summed E-state index contributed by atoms with van der Waals surface area (Å²) in [6.07, 6.45) is 8.97. The summed E-state index contributed by atoms with van der Waals surface area (Å²) >= 11 is 0. The van der Waals surface area contributed by atoms with Crippen LogP contribution in [0.1, 0.15) is 39.5 Å². The number of esters is 1. The third kappa shape index (κ3) is 6.20. The van der Waals surface area contributed by atoms with Gasteiger partial charge in [0.15, 0.2) is 12.4 Å². The molecule has 9 heteroatoms. The van der Waals surface area contributed by atoms with Gasteiger partial charge in [-0.1, -0.05) is 33.1 Å². The number of hydrogen-bond donors (Lipinski definition) is 1. The predicted molar refractivity (Wildman–Crippen MR) is 102 cm³/mol. The Bertz CT molecular complexity index is 755. The van der Waals surface area contributed by atoms with Crippen molar-refractivity contribution in [2.75, 3.05) is 25.4 Å². The molecule has 0 aromatic carbocycles. The first-order valence-corrected chi connectivity index (χ1v) is 10.9. The number of hydrogen-bond acceptors (Lipinski definition) is 6. The highest BCUT2D eigenvalue weighted by Crippen LogP contribution is 2.18. The molecule has 27 heavy (non-hydrogen) atoms. The van der Waals surface area contributed by atoms with Crippen LogP contribution in [0, 0.1) is 5.92 Å². The van der Waals surface area contributed by atoms with Crippen molar-refractivity contribution < 1.29 is 22.7 Å². The van der Waals surface area contributed by atoms with Crippen LogP contribution in [-0.2, 0) is 24.3 Å². The average Bonchev–Trinajstić information content (AvgIpc) is 2.65. The highest BCUT2D eigenvalue weighted by molar-refractivity contribution is 7.90. The van der Waals surface area contributed by atoms with Gasteiger partial charge in [0.25, 0.3) is 15.9 Å². The van der Waals surface area contributed by atoms with E-state index in [1.54, 1.807) is 17.2 Å². The Morgan fingerprint density at radius 1 is 1.37 bits per heavy atom. The molecular formula is C18H27N3O5S. The molecule has 2 heterocycles. The minimum absolute atomic E-state index is 0.0305. The minimum atomic E-state index is -3.60. The van der Waals surface area contributed by atoms with Gasteiger partial charge in [-0.25, -0.2) is 13.2 Å². The number of carbonyl (C=O) groups excluding carboxylic acids is 2. The molecule has 1 amide bonds. The standard InChI is InChI=1S/C18H27N3O5S/c1-3-5-7-14(4-2)12-19-16(22)13-26-18(23)15-8-6-9-21-10-11-27(24,25)20-17(15)21/h6,8-9,14H,3-5,7,10-13H2,1-2H3,(H,19,22)/t14-/m0/s1. The van der Waals surface area contributed by atoms with Gasteiger partial charge < -0.3 is 15.0 Å². The number of ether oxygens (including phenoxy) is 1. The highest BCUT2D eigenvalue weighted by Gasteiger charge is 2.30. The van der Waals surface area contributed by atoms with Gasteiger partial charge in [0.2, 0.25) is 0 Å². The topological polar surface area (TPSA) is 105 Å². The van der Waals surface area contributed by atoms with Crippen molar-refractivity contribution in [1.29, 1.82) is 0 Å². The lowest BCUT2D eigenvalue weighted by atomic mass is 9.99. The molecular weight excluding hydrogens is 370 g/mol. The third-order valence-corrected chi connectivity index (χ3v) is 5.69. The maximum Gasteiger partial charge on any atom is 0.342 e. The van der Waals surface area contributed by atoms with E-state index in [0.717, 1.165) is 25.7 Å². The molecule has 0 spiro atoms. The van der Waals surface area contributed by atoms with Crippen LogP contribution in [0.3, 0.4) is 0 Å². The largest absolute Gasteiger partial charge is 0.452 e. The van der Waals surface area contributed by atoms with E-state index in [-0.39, 0.29) is 29.6 Å². The number of sulfonamides is 1. The number of allylic oxidation sites excluding steroid dienone is 2. The molecule has 0 unspecified atom stereocenters. The van der Waals surface area contributed by atoms with Gasteiger partial charge >= 0.3 is 5.97 Å². The van der Waals surface area contributed by atoms with Crippen LogP contribution in [0.15, 0.2) is 28.3 Å². The van der Waals surface area contributed by atoms with Gasteiger partial charge in [0.1, 0.15) is 5.57 Å². The lowest BCUT2D eigenvalue weighted by Crippen LogP contribution is -2.40. The SMILES string of the molecule is CCCC[C@H](CC)CNC(=O)COC(=O)C1=CC=CN2CCS(=O)(=O)N=C12. The summed E-state index contributed by atoms with van der Waals surface area (Å²) in [6, 6.07) is 0. The van der Waals surface area contributed by atoms with Crippen molar-refractivity contribution in [2.24, 2.45) is 10.3 Å². The molecule has 2 aliphatic heterocycles. The lowest BCUT2D eigenvalue weighted by Gasteiger charge is -2.28. The zero-order valence-corrected chi connectivity index (χ0v) is 16.6. The summed E-state index contributed by atoms with van der Waals surface area (Å²) in [4.78, 5) is 25.8. The maximum absolute atomic E-state index is 12.3. The maximum atomic E-state index is 12.3. The second-order valence-corrected chi connectivity index (χ2v) is 8.37. The molecule has 0 saturated heterocycles. The van der Waals surface area contributed by atoms with Crippen molar-refractivity contribution in [3.05, 3.63) is 23.9 Å². The fourth-order valence-corrected chi connectivity index (χ4v) is 3.82. The molecule has 0 aromatic rings. The molecule has 0 fully saturated rings. The number of nitrogens with one attached hydrogen (secondary N) is 1. The second kappa shape index (κ2) is 9.68. The Morgan fingerprint density at radius 3 is 2.85 bits per heavy atom. The molecule has 1 N–H and O–H groups in total. The Labute approximate surface area is 160 Å². The molecule has 0 saturated carbocycles. The molecule has 2 rings (SSSR count). The fraction of sp³-hybridized carbons (Fsp3) is 0.611. The first-order chi connectivity index (χ1) is 12.9. The quantitative estimate of drug-likeness (QED) is 0.589. The van der Waals surface area contributed by atoms with Crippen LogP contribution in [0.25, 0.3) is 0 Å². The minimum Gasteiger partial charge on any atom is -0.452 e. The fourth-order valence-electron chi connectivity index (χ4n) is 2.84. The van der Waals surface area contributed by atoms with Crippen molar-refractivity contribution >= 4 is 27.7 Å². The molecule has 0 aromatic heterocycles. The zero-order chi connectivity index (χ0) is 19.9. The van der Waals surface area contributed by atoms with Gasteiger partial charge in [0.05, 0.1) is 5.75 Å². The van der Waals surface area contributed by atoms with Crippen LogP contribution >= 0.6 is 0 Å². The van der Waals surface area contributed by atoms with E-state index >= 15 is 0 Å². The molecule has 0 aliphatic carbocycles. The van der Waals surface area contributed by atoms with Gasteiger partial charge in [-0.15, -0.1) is 4.40 Å². The normalized spacial score (nSPS) is 18.8. The summed E-state index contributed by atoms with van der Waals surface area (Å²) in [7, 11) is -3.60. The number of fused-ring (bicyclic) bond motifs is 1. The van der Waals surface area contributed by atoms with Crippen LogP contribution in [-0.4, -0.2) is 56.5 Å². The smallest absolute Gasteiger partial charge is 0.342 e. The summed E-state index contributed by atoms with van der Waals surface area (Å²) < 4.78 is 32.1. The van der Waals surface area contributed by atoms with Crippen LogP contribution in [0.5, 0.6) is 0 Å². The lowest BCUT2D eigenvalue weighted by molar-refractivity contribution is -0.144. The van der Waals surface area contributed by atoms with Crippen molar-refractivity contribution in [3.63, 3.8) is 0 Å². The first kappa shape index (κ1) is 21.1. The van der Waals surface area contributed by atoms with E-state index in [1.165, 1.54) is 6.08 Å². The number of nitrogens with zero attached hydrogens (tertiary/aromatic N) is 2. The van der Waals surface area contributed by atoms with Crippen molar-refractivity contribution in [2.45, 2.75) is 39.5 Å². The number of rotatable bonds is 9. The van der Waals surface area contributed by atoms with E-state index in [0.29, 0.717) is 12.5 Å². The Kier molecular flexibility index (Phi) is 7.58. The summed E-state index contributed by atoms with van der Waals surface area (Å²) in [6.45, 7) is 4.57. The number of unbranched alkanes of at least 4 members (excludes halogenated alkanes) is 1. The van der Waals surface area contributed by atoms with Crippen molar-refractivity contribution in [1.82, 2.24) is 10.2 Å². The molecule has 2 aliphatic rings. The van der Waals surface area contributed by atoms with E-state index in [1.807, 2.05) is 0 Å². The van der Waals surface area contributed by atoms with E-state index in [9.17, 15) is 18.0 Å². The van der Waals surface area contributed by atoms with Gasteiger partial charge in [-0.3, -0.25) is 4.79 Å². The average molecular weight is 397 g/mol. The highest BCUT2D eigenvalue weighted by atomic mass is 32.2. The third-order valence-electron chi connectivity index (χ3n) is 4.54. The van der Waals surface area contributed by atoms with Gasteiger partial charge in [-0.2, -0.15) is 0 Å². The molecule has 0 bridgehead atoms. The number of carbonyl (C=O) groups is 2. The summed E-state index contributed by atoms with van der Waals surface area (Å²) in [5, 5.41) is 2.78. The zero-order valence-electron chi connectivity index (χ0n) is 15.8. The Morgan fingerprint density at radius 2 is 2.15 bits per heavy atom. The Balaban J connectivity index is 1.88. The molecule has 8 nitrogen and oxygen atoms in total. The van der Waals surface area contributed by atoms with Crippen LogP contribution in [0.4, 0.5) is 0 Å². The second-order valence-electron chi connectivity index (χ2n) is 6.61. The molecule has 150 valence electrons. The number of amides is 1. The van der Waals surface area contributed by atoms with Gasteiger partial charge in [0, 0.05) is 19.3 Å². The van der Waals surface area contributed by atoms with E-state index in [4.69, 9.17) is 4.74 Å².